The van der Waals surface area contributed by atoms with Crippen molar-refractivity contribution in [3.63, 3.8) is 0 Å². The highest BCUT2D eigenvalue weighted by Crippen LogP contribution is 2.31. The highest BCUT2D eigenvalue weighted by molar-refractivity contribution is 5.95. The second-order valence-electron chi connectivity index (χ2n) is 6.03. The molecule has 0 unspecified atom stereocenters. The lowest BCUT2D eigenvalue weighted by Crippen LogP contribution is -2.36. The maximum absolute atomic E-state index is 13.9. The summed E-state index contributed by atoms with van der Waals surface area (Å²) in [5.41, 5.74) is 1.55. The molecule has 1 saturated heterocycles. The summed E-state index contributed by atoms with van der Waals surface area (Å²) in [6.07, 6.45) is 3.73. The van der Waals surface area contributed by atoms with Crippen LogP contribution < -0.4 is 15.0 Å². The maximum atomic E-state index is 13.9. The predicted molar refractivity (Wildman–Crippen MR) is 95.9 cm³/mol. The molecular weight excluding hydrogens is 347 g/mol. The SMILES string of the molecule is COc1ccc(N(C)C(=O)[C@H]2CNC[C@@H]2c2cnn(C)c2)cc1F.Cl. The van der Waals surface area contributed by atoms with Crippen molar-refractivity contribution in [2.75, 3.05) is 32.1 Å². The van der Waals surface area contributed by atoms with E-state index in [1.165, 1.54) is 24.1 Å². The molecule has 1 N–H and O–H groups in total. The van der Waals surface area contributed by atoms with Crippen LogP contribution in [0.3, 0.4) is 0 Å². The van der Waals surface area contributed by atoms with Gasteiger partial charge in [0.25, 0.3) is 0 Å². The third-order valence-corrected chi connectivity index (χ3v) is 4.54. The fourth-order valence-corrected chi connectivity index (χ4v) is 3.16. The lowest BCUT2D eigenvalue weighted by atomic mass is 9.90. The van der Waals surface area contributed by atoms with Crippen molar-refractivity contribution in [2.24, 2.45) is 13.0 Å². The number of hydrogen-bond acceptors (Lipinski definition) is 4. The van der Waals surface area contributed by atoms with Crippen molar-refractivity contribution in [1.29, 1.82) is 0 Å². The molecule has 0 radical (unpaired) electrons. The number of rotatable bonds is 4. The van der Waals surface area contributed by atoms with Crippen LogP contribution >= 0.6 is 12.4 Å². The first-order valence-electron chi connectivity index (χ1n) is 7.81. The molecule has 0 spiro atoms. The van der Waals surface area contributed by atoms with Crippen LogP contribution in [0, 0.1) is 11.7 Å². The first-order chi connectivity index (χ1) is 11.5. The van der Waals surface area contributed by atoms with Gasteiger partial charge >= 0.3 is 0 Å². The topological polar surface area (TPSA) is 59.4 Å². The number of carbonyl (C=O) groups excluding carboxylic acids is 1. The molecule has 1 amide bonds. The number of aromatic nitrogens is 2. The molecule has 1 aromatic carbocycles. The van der Waals surface area contributed by atoms with Crippen molar-refractivity contribution >= 4 is 24.0 Å². The van der Waals surface area contributed by atoms with E-state index in [1.54, 1.807) is 24.0 Å². The smallest absolute Gasteiger partial charge is 0.231 e. The minimum absolute atomic E-state index is 0. The molecule has 2 heterocycles. The molecule has 0 bridgehead atoms. The molecule has 2 aromatic rings. The van der Waals surface area contributed by atoms with E-state index in [0.29, 0.717) is 12.2 Å². The normalized spacial score (nSPS) is 19.4. The van der Waals surface area contributed by atoms with Gasteiger partial charge in [-0.05, 0) is 17.7 Å². The van der Waals surface area contributed by atoms with Crippen LogP contribution in [0.25, 0.3) is 0 Å². The van der Waals surface area contributed by atoms with Gasteiger partial charge in [0, 0.05) is 51.1 Å². The summed E-state index contributed by atoms with van der Waals surface area (Å²) < 4.78 is 20.6. The molecule has 136 valence electrons. The summed E-state index contributed by atoms with van der Waals surface area (Å²) in [4.78, 5) is 14.4. The first kappa shape index (κ1) is 19.2. The zero-order chi connectivity index (χ0) is 17.3. The van der Waals surface area contributed by atoms with Crippen LogP contribution in [0.2, 0.25) is 0 Å². The van der Waals surface area contributed by atoms with Crippen LogP contribution in [0.1, 0.15) is 11.5 Å². The van der Waals surface area contributed by atoms with Gasteiger partial charge in [0.15, 0.2) is 11.6 Å². The maximum Gasteiger partial charge on any atom is 0.231 e. The summed E-state index contributed by atoms with van der Waals surface area (Å²) in [5, 5.41) is 7.46. The number of amides is 1. The molecule has 0 saturated carbocycles. The van der Waals surface area contributed by atoms with E-state index in [0.717, 1.165) is 12.1 Å². The number of aryl methyl sites for hydroxylation is 1. The molecule has 1 fully saturated rings. The molecular formula is C17H22ClFN4O2. The van der Waals surface area contributed by atoms with Gasteiger partial charge in [-0.2, -0.15) is 5.10 Å². The Morgan fingerprint density at radius 3 is 2.80 bits per heavy atom. The fourth-order valence-electron chi connectivity index (χ4n) is 3.16. The van der Waals surface area contributed by atoms with E-state index < -0.39 is 5.82 Å². The molecule has 0 aliphatic carbocycles. The number of methoxy groups -OCH3 is 1. The van der Waals surface area contributed by atoms with Gasteiger partial charge in [-0.3, -0.25) is 9.48 Å². The number of halogens is 2. The van der Waals surface area contributed by atoms with Crippen molar-refractivity contribution in [2.45, 2.75) is 5.92 Å². The van der Waals surface area contributed by atoms with E-state index >= 15 is 0 Å². The van der Waals surface area contributed by atoms with Gasteiger partial charge in [-0.1, -0.05) is 0 Å². The van der Waals surface area contributed by atoms with E-state index in [1.807, 2.05) is 13.2 Å². The minimum Gasteiger partial charge on any atom is -0.494 e. The number of nitrogens with one attached hydrogen (secondary N) is 1. The van der Waals surface area contributed by atoms with Crippen LogP contribution in [-0.4, -0.2) is 42.9 Å². The van der Waals surface area contributed by atoms with Gasteiger partial charge in [0.2, 0.25) is 5.91 Å². The van der Waals surface area contributed by atoms with E-state index in [9.17, 15) is 9.18 Å². The van der Waals surface area contributed by atoms with Crippen LogP contribution in [-0.2, 0) is 11.8 Å². The second-order valence-corrected chi connectivity index (χ2v) is 6.03. The minimum atomic E-state index is -0.483. The van der Waals surface area contributed by atoms with Crippen molar-refractivity contribution in [1.82, 2.24) is 15.1 Å². The molecule has 2 atom stereocenters. The molecule has 1 aliphatic rings. The van der Waals surface area contributed by atoms with Crippen molar-refractivity contribution < 1.29 is 13.9 Å². The van der Waals surface area contributed by atoms with E-state index in [2.05, 4.69) is 10.4 Å². The Bertz CT molecular complexity index is 752. The molecule has 6 nitrogen and oxygen atoms in total. The van der Waals surface area contributed by atoms with Crippen LogP contribution in [0.5, 0.6) is 5.75 Å². The third kappa shape index (κ3) is 3.77. The Hall–Kier alpha value is -2.12. The largest absolute Gasteiger partial charge is 0.494 e. The highest BCUT2D eigenvalue weighted by atomic mass is 35.5. The van der Waals surface area contributed by atoms with E-state index in [-0.39, 0.29) is 35.9 Å². The van der Waals surface area contributed by atoms with Crippen molar-refractivity contribution in [3.05, 3.63) is 42.0 Å². The summed E-state index contributed by atoms with van der Waals surface area (Å²) in [5.74, 6) is -0.502. The van der Waals surface area contributed by atoms with Crippen LogP contribution in [0.4, 0.5) is 10.1 Å². The monoisotopic (exact) mass is 368 g/mol. The summed E-state index contributed by atoms with van der Waals surface area (Å²) in [6.45, 7) is 1.33. The number of carbonyl (C=O) groups is 1. The number of hydrogen-bond donors (Lipinski definition) is 1. The quantitative estimate of drug-likeness (QED) is 0.896. The molecule has 1 aliphatic heterocycles. The second kappa shape index (κ2) is 7.84. The summed E-state index contributed by atoms with van der Waals surface area (Å²) in [7, 11) is 4.94. The zero-order valence-electron chi connectivity index (χ0n) is 14.4. The molecule has 25 heavy (non-hydrogen) atoms. The average molecular weight is 369 g/mol. The Labute approximate surface area is 152 Å². The van der Waals surface area contributed by atoms with Gasteiger partial charge in [0.05, 0.1) is 19.2 Å². The Balaban J connectivity index is 0.00000225. The molecule has 1 aromatic heterocycles. The van der Waals surface area contributed by atoms with Crippen LogP contribution in [0.15, 0.2) is 30.6 Å². The highest BCUT2D eigenvalue weighted by Gasteiger charge is 2.36. The van der Waals surface area contributed by atoms with Gasteiger partial charge < -0.3 is 15.0 Å². The zero-order valence-corrected chi connectivity index (χ0v) is 15.2. The third-order valence-electron chi connectivity index (χ3n) is 4.54. The Morgan fingerprint density at radius 2 is 2.20 bits per heavy atom. The lowest BCUT2D eigenvalue weighted by Gasteiger charge is -2.24. The fraction of sp³-hybridized carbons (Fsp3) is 0.412. The Morgan fingerprint density at radius 1 is 1.44 bits per heavy atom. The van der Waals surface area contributed by atoms with Gasteiger partial charge in [-0.25, -0.2) is 4.39 Å². The number of benzene rings is 1. The number of nitrogens with zero attached hydrogens (tertiary/aromatic N) is 3. The Kier molecular flexibility index (Phi) is 6.02. The molecule has 8 heteroatoms. The van der Waals surface area contributed by atoms with E-state index in [4.69, 9.17) is 4.74 Å². The first-order valence-corrected chi connectivity index (χ1v) is 7.81. The molecule has 3 rings (SSSR count). The average Bonchev–Trinajstić information content (AvgIpc) is 3.21. The predicted octanol–water partition coefficient (Wildman–Crippen LogP) is 1.96. The standard InChI is InChI=1S/C17H21FN4O2.ClH/c1-21-10-11(7-20-21)13-8-19-9-14(13)17(23)22(2)12-4-5-16(24-3)15(18)6-12;/h4-7,10,13-14,19H,8-9H2,1-3H3;1H/t13-,14+;/m1./s1. The summed E-state index contributed by atoms with van der Waals surface area (Å²) >= 11 is 0. The summed E-state index contributed by atoms with van der Waals surface area (Å²) in [6, 6.07) is 4.53. The number of anilines is 1. The lowest BCUT2D eigenvalue weighted by molar-refractivity contribution is -0.121. The van der Waals surface area contributed by atoms with Gasteiger partial charge in [0.1, 0.15) is 0 Å². The van der Waals surface area contributed by atoms with Crippen molar-refractivity contribution in [3.8, 4) is 5.75 Å². The number of ether oxygens (including phenoxy) is 1. The van der Waals surface area contributed by atoms with Gasteiger partial charge in [-0.15, -0.1) is 12.4 Å².